The number of hydrogen-bond acceptors (Lipinski definition) is 8. The summed E-state index contributed by atoms with van der Waals surface area (Å²) in [4.78, 5) is 35.1. The largest absolute Gasteiger partial charge is 0.457 e. The van der Waals surface area contributed by atoms with Crippen molar-refractivity contribution in [3.63, 3.8) is 0 Å². The van der Waals surface area contributed by atoms with E-state index in [-0.39, 0.29) is 29.8 Å². The Morgan fingerprint density at radius 2 is 1.68 bits per heavy atom. The summed E-state index contributed by atoms with van der Waals surface area (Å²) in [6, 6.07) is 20.4. The van der Waals surface area contributed by atoms with E-state index in [4.69, 9.17) is 4.74 Å². The Labute approximate surface area is 217 Å². The van der Waals surface area contributed by atoms with Crippen molar-refractivity contribution in [1.82, 2.24) is 5.32 Å². The molecular formula is C26H20N2O7S2. The van der Waals surface area contributed by atoms with Gasteiger partial charge in [0.15, 0.2) is 0 Å². The Balaban J connectivity index is 1.50. The molecule has 188 valence electrons. The van der Waals surface area contributed by atoms with E-state index < -0.39 is 30.0 Å². The van der Waals surface area contributed by atoms with E-state index in [1.54, 1.807) is 30.3 Å². The average molecular weight is 537 g/mol. The fourth-order valence-electron chi connectivity index (χ4n) is 3.66. The number of imide groups is 1. The highest BCUT2D eigenvalue weighted by Crippen LogP contribution is 2.44. The molecule has 1 aliphatic heterocycles. The maximum atomic E-state index is 13.6. The second-order valence-corrected chi connectivity index (χ2v) is 11.7. The zero-order chi connectivity index (χ0) is 26.5. The van der Waals surface area contributed by atoms with Crippen molar-refractivity contribution < 1.29 is 27.7 Å². The van der Waals surface area contributed by atoms with Gasteiger partial charge in [0.2, 0.25) is 13.9 Å². The molecule has 1 heterocycles. The van der Waals surface area contributed by atoms with E-state index in [0.717, 1.165) is 0 Å². The second kappa shape index (κ2) is 10.9. The van der Waals surface area contributed by atoms with Gasteiger partial charge in [-0.15, -0.1) is 0 Å². The first kappa shape index (κ1) is 25.9. The molecule has 11 heteroatoms. The molecule has 3 aromatic rings. The molecular weight excluding hydrogens is 516 g/mol. The van der Waals surface area contributed by atoms with E-state index in [1.807, 2.05) is 6.07 Å². The lowest BCUT2D eigenvalue weighted by Gasteiger charge is -2.24. The van der Waals surface area contributed by atoms with E-state index in [0.29, 0.717) is 28.8 Å². The number of carbonyl (C=O) groups is 2. The van der Waals surface area contributed by atoms with Crippen LogP contribution in [0.15, 0.2) is 83.8 Å². The Hall–Kier alpha value is -4.14. The molecule has 2 amide bonds. The molecule has 0 aliphatic carbocycles. The number of hydrogen-bond donors (Lipinski definition) is 1. The van der Waals surface area contributed by atoms with Crippen LogP contribution in [0.2, 0.25) is 0 Å². The molecule has 0 spiro atoms. The number of benzene rings is 3. The van der Waals surface area contributed by atoms with Crippen LogP contribution in [-0.2, 0) is 14.6 Å². The molecule has 1 atom stereocenters. The number of carbonyl (C=O) groups excluding carboxylic acids is 2. The third-order valence-electron chi connectivity index (χ3n) is 5.46. The first-order valence-corrected chi connectivity index (χ1v) is 13.4. The summed E-state index contributed by atoms with van der Waals surface area (Å²) in [6.07, 6.45) is 0.263. The summed E-state index contributed by atoms with van der Waals surface area (Å²) < 4.78 is 30.9. The monoisotopic (exact) mass is 536 g/mol. The highest BCUT2D eigenvalue weighted by Gasteiger charge is 2.57. The molecule has 1 unspecified atom stereocenters. The number of para-hydroxylation sites is 1. The lowest BCUT2D eigenvalue weighted by atomic mass is 10.1. The number of nitrogens with one attached hydrogen (secondary N) is 1. The Morgan fingerprint density at radius 1 is 0.973 bits per heavy atom. The molecule has 0 saturated carbocycles. The van der Waals surface area contributed by atoms with Crippen LogP contribution in [-0.4, -0.2) is 28.6 Å². The van der Waals surface area contributed by atoms with Crippen LogP contribution in [0.25, 0.3) is 0 Å². The third kappa shape index (κ3) is 5.66. The number of amides is 2. The predicted octanol–water partition coefficient (Wildman–Crippen LogP) is 5.06. The summed E-state index contributed by atoms with van der Waals surface area (Å²) >= 11 is 0.447. The summed E-state index contributed by atoms with van der Waals surface area (Å²) in [5.74, 6) is 5.75. The highest BCUT2D eigenvalue weighted by molar-refractivity contribution is 8.25. The van der Waals surface area contributed by atoms with E-state index >= 15 is 0 Å². The van der Waals surface area contributed by atoms with Crippen LogP contribution < -0.4 is 10.1 Å². The minimum atomic E-state index is -4.28. The lowest BCUT2D eigenvalue weighted by Crippen LogP contribution is -2.43. The van der Waals surface area contributed by atoms with Crippen LogP contribution in [0.4, 0.5) is 10.5 Å². The summed E-state index contributed by atoms with van der Waals surface area (Å²) in [7, 11) is -4.28. The van der Waals surface area contributed by atoms with Gasteiger partial charge < -0.3 is 4.74 Å². The standard InChI is InChI=1S/C26H20N2O7S2/c29-24-26(36-25(30)27-24,17-6-2-3-8-19-9-7-10-20(18-19)28(31)32)37(33,34)23-15-13-22(14-16-23)35-21-11-4-1-5-12-21/h1,4-5,7,9-16,18H,2,6,17H2,(H,27,29,30). The van der Waals surface area contributed by atoms with E-state index in [9.17, 15) is 28.1 Å². The van der Waals surface area contributed by atoms with Crippen molar-refractivity contribution in [2.24, 2.45) is 0 Å². The van der Waals surface area contributed by atoms with Crippen LogP contribution in [0.5, 0.6) is 11.5 Å². The number of non-ortho nitro benzene ring substituents is 1. The number of nitrogens with zero attached hydrogens (tertiary/aromatic N) is 1. The van der Waals surface area contributed by atoms with Crippen LogP contribution >= 0.6 is 11.8 Å². The zero-order valence-corrected chi connectivity index (χ0v) is 20.9. The molecule has 1 N–H and O–H groups in total. The van der Waals surface area contributed by atoms with Gasteiger partial charge in [0.05, 0.1) is 9.82 Å². The molecule has 1 saturated heterocycles. The minimum absolute atomic E-state index is 0.0884. The summed E-state index contributed by atoms with van der Waals surface area (Å²) in [5.41, 5.74) is 0.354. The van der Waals surface area contributed by atoms with Crippen molar-refractivity contribution in [1.29, 1.82) is 0 Å². The number of thioether (sulfide) groups is 1. The number of unbranched alkanes of at least 4 members (excludes halogenated alkanes) is 1. The second-order valence-electron chi connectivity index (χ2n) is 7.95. The number of nitro benzene ring substituents is 1. The normalized spacial score (nSPS) is 17.0. The van der Waals surface area contributed by atoms with Gasteiger partial charge in [-0.3, -0.25) is 25.0 Å². The smallest absolute Gasteiger partial charge is 0.287 e. The topological polar surface area (TPSA) is 133 Å². The van der Waals surface area contributed by atoms with Gasteiger partial charge in [-0.25, -0.2) is 8.42 Å². The number of nitro groups is 1. The van der Waals surface area contributed by atoms with Crippen molar-refractivity contribution in [2.45, 2.75) is 28.2 Å². The molecule has 0 radical (unpaired) electrons. The summed E-state index contributed by atoms with van der Waals surface area (Å²) in [6.45, 7) is 0. The van der Waals surface area contributed by atoms with Crippen LogP contribution in [0.1, 0.15) is 24.8 Å². The SMILES string of the molecule is O=C1NC(=O)C(CCCC#Cc2cccc([N+](=O)[O-])c2)(S(=O)(=O)c2ccc(Oc3ccccc3)cc2)S1. The van der Waals surface area contributed by atoms with Crippen molar-refractivity contribution in [3.8, 4) is 23.3 Å². The fraction of sp³-hybridized carbons (Fsp3) is 0.154. The van der Waals surface area contributed by atoms with E-state index in [1.165, 1.54) is 42.5 Å². The van der Waals surface area contributed by atoms with E-state index in [2.05, 4.69) is 17.2 Å². The molecule has 4 rings (SSSR count). The maximum absolute atomic E-state index is 13.6. The average Bonchev–Trinajstić information content (AvgIpc) is 3.19. The first-order chi connectivity index (χ1) is 17.7. The third-order valence-corrected chi connectivity index (χ3v) is 9.53. The molecule has 0 bridgehead atoms. The predicted molar refractivity (Wildman–Crippen MR) is 138 cm³/mol. The molecule has 1 aliphatic rings. The van der Waals surface area contributed by atoms with Gasteiger partial charge in [0, 0.05) is 24.1 Å². The first-order valence-electron chi connectivity index (χ1n) is 11.1. The quantitative estimate of drug-likeness (QED) is 0.183. The van der Waals surface area contributed by atoms with Gasteiger partial charge in [0.25, 0.3) is 16.8 Å². The highest BCUT2D eigenvalue weighted by atomic mass is 32.3. The Kier molecular flexibility index (Phi) is 7.61. The zero-order valence-electron chi connectivity index (χ0n) is 19.2. The number of sulfone groups is 1. The molecule has 1 fully saturated rings. The Bertz CT molecular complexity index is 1510. The molecule has 0 aromatic heterocycles. The number of ether oxygens (including phenoxy) is 1. The van der Waals surface area contributed by atoms with Gasteiger partial charge in [0.1, 0.15) is 11.5 Å². The molecule has 37 heavy (non-hydrogen) atoms. The van der Waals surface area contributed by atoms with Crippen molar-refractivity contribution in [2.75, 3.05) is 0 Å². The molecule has 9 nitrogen and oxygen atoms in total. The van der Waals surface area contributed by atoms with Gasteiger partial charge in [-0.2, -0.15) is 0 Å². The van der Waals surface area contributed by atoms with Gasteiger partial charge >= 0.3 is 0 Å². The molecule has 3 aromatic carbocycles. The van der Waals surface area contributed by atoms with Crippen molar-refractivity contribution >= 4 is 38.4 Å². The Morgan fingerprint density at radius 3 is 2.32 bits per heavy atom. The number of rotatable bonds is 8. The van der Waals surface area contributed by atoms with Gasteiger partial charge in [-0.05, 0) is 67.1 Å². The van der Waals surface area contributed by atoms with Crippen molar-refractivity contribution in [3.05, 3.63) is 94.5 Å². The maximum Gasteiger partial charge on any atom is 0.287 e. The lowest BCUT2D eigenvalue weighted by molar-refractivity contribution is -0.384. The summed E-state index contributed by atoms with van der Waals surface area (Å²) in [5, 5.41) is 12.3. The van der Waals surface area contributed by atoms with Crippen LogP contribution in [0.3, 0.4) is 0 Å². The fourth-order valence-corrected chi connectivity index (χ4v) is 7.03. The van der Waals surface area contributed by atoms with Gasteiger partial charge in [-0.1, -0.05) is 36.1 Å². The minimum Gasteiger partial charge on any atom is -0.457 e. The van der Waals surface area contributed by atoms with Crippen LogP contribution in [0, 0.1) is 22.0 Å².